The highest BCUT2D eigenvalue weighted by Gasteiger charge is 2.13. The van der Waals surface area contributed by atoms with Crippen molar-refractivity contribution in [1.29, 1.82) is 0 Å². The van der Waals surface area contributed by atoms with E-state index in [0.717, 1.165) is 35.2 Å². The molecule has 0 saturated carbocycles. The Morgan fingerprint density at radius 1 is 0.615 bits per heavy atom. The maximum atomic E-state index is 11.7. The van der Waals surface area contributed by atoms with E-state index in [1.165, 1.54) is 0 Å². The van der Waals surface area contributed by atoms with Gasteiger partial charge in [0.15, 0.2) is 12.6 Å². The fraction of sp³-hybridized carbons (Fsp3) is 0.0909. The van der Waals surface area contributed by atoms with Gasteiger partial charge in [-0.15, -0.1) is 0 Å². The molecule has 3 rings (SSSR count). The van der Waals surface area contributed by atoms with Gasteiger partial charge in [-0.05, 0) is 58.7 Å². The summed E-state index contributed by atoms with van der Waals surface area (Å²) in [4.78, 5) is 23.3. The number of aldehydes is 2. The molecule has 3 aromatic carbocycles. The van der Waals surface area contributed by atoms with Crippen LogP contribution in [-0.2, 0) is 0 Å². The van der Waals surface area contributed by atoms with Crippen LogP contribution in [0.15, 0.2) is 60.7 Å². The Balaban J connectivity index is 2.12. The maximum absolute atomic E-state index is 11.7. The number of methoxy groups -OCH3 is 2. The standard InChI is InChI=1S/C22H18O4/c1-25-19-7-3-15(4-8-19)21-11-18(14-24)22(12-17(21)13-23)16-5-9-20(26-2)10-6-16/h3-14H,1-2H3. The van der Waals surface area contributed by atoms with Crippen LogP contribution >= 0.6 is 0 Å². The summed E-state index contributed by atoms with van der Waals surface area (Å²) in [6, 6.07) is 18.2. The fourth-order valence-corrected chi connectivity index (χ4v) is 2.87. The second-order valence-corrected chi connectivity index (χ2v) is 5.72. The van der Waals surface area contributed by atoms with Gasteiger partial charge in [0, 0.05) is 11.1 Å². The number of hydrogen-bond donors (Lipinski definition) is 0. The van der Waals surface area contributed by atoms with Gasteiger partial charge < -0.3 is 9.47 Å². The van der Waals surface area contributed by atoms with E-state index in [1.807, 2.05) is 48.5 Å². The minimum absolute atomic E-state index is 0.520. The highest BCUT2D eigenvalue weighted by atomic mass is 16.5. The van der Waals surface area contributed by atoms with Crippen molar-refractivity contribution in [2.45, 2.75) is 0 Å². The van der Waals surface area contributed by atoms with Gasteiger partial charge in [0.2, 0.25) is 0 Å². The number of rotatable bonds is 6. The van der Waals surface area contributed by atoms with E-state index in [2.05, 4.69) is 0 Å². The molecule has 0 radical (unpaired) electrons. The fourth-order valence-electron chi connectivity index (χ4n) is 2.87. The van der Waals surface area contributed by atoms with Crippen molar-refractivity contribution < 1.29 is 19.1 Å². The van der Waals surface area contributed by atoms with Crippen LogP contribution in [0.2, 0.25) is 0 Å². The number of ether oxygens (including phenoxy) is 2. The summed E-state index contributed by atoms with van der Waals surface area (Å²) in [6.07, 6.45) is 1.61. The Hall–Kier alpha value is -3.40. The minimum Gasteiger partial charge on any atom is -0.497 e. The van der Waals surface area contributed by atoms with E-state index < -0.39 is 0 Å². The van der Waals surface area contributed by atoms with Gasteiger partial charge in [0.05, 0.1) is 14.2 Å². The molecule has 0 unspecified atom stereocenters. The summed E-state index contributed by atoms with van der Waals surface area (Å²) in [5.41, 5.74) is 4.15. The zero-order chi connectivity index (χ0) is 18.5. The lowest BCUT2D eigenvalue weighted by atomic mass is 9.91. The van der Waals surface area contributed by atoms with Gasteiger partial charge in [-0.3, -0.25) is 9.59 Å². The third-order valence-corrected chi connectivity index (χ3v) is 4.28. The SMILES string of the molecule is COc1ccc(-c2cc(C=O)c(-c3ccc(OC)cc3)cc2C=O)cc1. The first-order chi connectivity index (χ1) is 12.7. The van der Waals surface area contributed by atoms with Gasteiger partial charge >= 0.3 is 0 Å². The molecular formula is C22H18O4. The van der Waals surface area contributed by atoms with Gasteiger partial charge in [-0.2, -0.15) is 0 Å². The number of carbonyl (C=O) groups excluding carboxylic acids is 2. The number of benzene rings is 3. The highest BCUT2D eigenvalue weighted by Crippen LogP contribution is 2.32. The van der Waals surface area contributed by atoms with Crippen LogP contribution in [0.3, 0.4) is 0 Å². The zero-order valence-corrected chi connectivity index (χ0v) is 14.6. The van der Waals surface area contributed by atoms with Crippen LogP contribution in [0, 0.1) is 0 Å². The second kappa shape index (κ2) is 7.66. The Kier molecular flexibility index (Phi) is 5.13. The molecule has 0 saturated heterocycles. The molecule has 0 fully saturated rings. The van der Waals surface area contributed by atoms with Crippen molar-refractivity contribution in [3.05, 3.63) is 71.8 Å². The largest absolute Gasteiger partial charge is 0.497 e. The molecule has 0 aromatic heterocycles. The molecule has 0 amide bonds. The molecule has 3 aromatic rings. The average Bonchev–Trinajstić information content (AvgIpc) is 2.73. The Morgan fingerprint density at radius 3 is 1.23 bits per heavy atom. The third kappa shape index (κ3) is 3.35. The van der Waals surface area contributed by atoms with Crippen LogP contribution in [0.25, 0.3) is 22.3 Å². The Labute approximate surface area is 152 Å². The van der Waals surface area contributed by atoms with Crippen LogP contribution in [0.1, 0.15) is 20.7 Å². The van der Waals surface area contributed by atoms with Crippen molar-refractivity contribution in [3.63, 3.8) is 0 Å². The van der Waals surface area contributed by atoms with Crippen molar-refractivity contribution >= 4 is 12.6 Å². The quantitative estimate of drug-likeness (QED) is 0.609. The summed E-state index contributed by atoms with van der Waals surface area (Å²) < 4.78 is 10.3. The van der Waals surface area contributed by atoms with E-state index >= 15 is 0 Å². The summed E-state index contributed by atoms with van der Waals surface area (Å²) in [5.74, 6) is 1.46. The lowest BCUT2D eigenvalue weighted by Gasteiger charge is -2.12. The first kappa shape index (κ1) is 17.4. The first-order valence-corrected chi connectivity index (χ1v) is 8.07. The van der Waals surface area contributed by atoms with Gasteiger partial charge in [-0.1, -0.05) is 24.3 Å². The molecule has 130 valence electrons. The highest BCUT2D eigenvalue weighted by molar-refractivity contribution is 5.97. The number of carbonyl (C=O) groups is 2. The smallest absolute Gasteiger partial charge is 0.150 e. The van der Waals surface area contributed by atoms with Crippen LogP contribution in [0.5, 0.6) is 11.5 Å². The first-order valence-electron chi connectivity index (χ1n) is 8.07. The normalized spacial score (nSPS) is 10.2. The molecule has 0 N–H and O–H groups in total. The van der Waals surface area contributed by atoms with Crippen molar-refractivity contribution in [2.24, 2.45) is 0 Å². The molecule has 0 heterocycles. The molecule has 0 aliphatic carbocycles. The molecule has 4 nitrogen and oxygen atoms in total. The maximum Gasteiger partial charge on any atom is 0.150 e. The summed E-state index contributed by atoms with van der Waals surface area (Å²) in [6.45, 7) is 0. The van der Waals surface area contributed by atoms with Crippen LogP contribution in [-0.4, -0.2) is 26.8 Å². The topological polar surface area (TPSA) is 52.6 Å². The summed E-state index contributed by atoms with van der Waals surface area (Å²) in [7, 11) is 3.19. The van der Waals surface area contributed by atoms with Crippen molar-refractivity contribution in [2.75, 3.05) is 14.2 Å². The average molecular weight is 346 g/mol. The molecule has 0 aliphatic rings. The van der Waals surface area contributed by atoms with Gasteiger partial charge in [0.1, 0.15) is 11.5 Å². The summed E-state index contributed by atoms with van der Waals surface area (Å²) in [5, 5.41) is 0. The predicted octanol–water partition coefficient (Wildman–Crippen LogP) is 4.66. The van der Waals surface area contributed by atoms with Crippen molar-refractivity contribution in [3.8, 4) is 33.8 Å². The molecular weight excluding hydrogens is 328 g/mol. The molecule has 0 atom stereocenters. The van der Waals surface area contributed by atoms with Crippen molar-refractivity contribution in [1.82, 2.24) is 0 Å². The van der Waals surface area contributed by atoms with E-state index in [-0.39, 0.29) is 0 Å². The molecule has 0 spiro atoms. The summed E-state index contributed by atoms with van der Waals surface area (Å²) >= 11 is 0. The Bertz CT molecular complexity index is 846. The molecule has 4 heteroatoms. The zero-order valence-electron chi connectivity index (χ0n) is 14.6. The van der Waals surface area contributed by atoms with Crippen LogP contribution in [0.4, 0.5) is 0 Å². The predicted molar refractivity (Wildman–Crippen MR) is 101 cm³/mol. The van der Waals surface area contributed by atoms with Gasteiger partial charge in [-0.25, -0.2) is 0 Å². The lowest BCUT2D eigenvalue weighted by Crippen LogP contribution is -1.96. The monoisotopic (exact) mass is 346 g/mol. The van der Waals surface area contributed by atoms with Crippen LogP contribution < -0.4 is 9.47 Å². The van der Waals surface area contributed by atoms with E-state index in [0.29, 0.717) is 22.3 Å². The molecule has 0 aliphatic heterocycles. The van der Waals surface area contributed by atoms with Gasteiger partial charge in [0.25, 0.3) is 0 Å². The van der Waals surface area contributed by atoms with E-state index in [1.54, 1.807) is 26.4 Å². The number of hydrogen-bond acceptors (Lipinski definition) is 4. The molecule has 0 bridgehead atoms. The lowest BCUT2D eigenvalue weighted by molar-refractivity contribution is 0.111. The van der Waals surface area contributed by atoms with E-state index in [9.17, 15) is 9.59 Å². The third-order valence-electron chi connectivity index (χ3n) is 4.28. The molecule has 26 heavy (non-hydrogen) atoms. The second-order valence-electron chi connectivity index (χ2n) is 5.72. The van der Waals surface area contributed by atoms with E-state index in [4.69, 9.17) is 9.47 Å². The minimum atomic E-state index is 0.520. The Morgan fingerprint density at radius 2 is 0.962 bits per heavy atom.